The molecule has 0 aliphatic carbocycles. The van der Waals surface area contributed by atoms with Crippen LogP contribution in [0.15, 0.2) is 291 Å². The van der Waals surface area contributed by atoms with Crippen LogP contribution in [0.5, 0.6) is 69.0 Å². The number of halogens is 2. The van der Waals surface area contributed by atoms with Crippen LogP contribution < -0.4 is 97.0 Å². The number of ether oxygens (including phenoxy) is 14. The van der Waals surface area contributed by atoms with Crippen molar-refractivity contribution in [1.82, 2.24) is 0 Å². The molecule has 0 radical (unpaired) electrons. The third-order valence-electron chi connectivity index (χ3n) is 22.5. The number of alkyl halides is 2. The first kappa shape index (κ1) is 108. The smallest absolute Gasteiger partial charge is 0.870 e. The van der Waals surface area contributed by atoms with Crippen molar-refractivity contribution in [1.29, 1.82) is 0 Å². The molecule has 22 nitrogen and oxygen atoms in total. The van der Waals surface area contributed by atoms with Crippen molar-refractivity contribution in [2.24, 2.45) is 0 Å². The van der Waals surface area contributed by atoms with Crippen molar-refractivity contribution < 1.29 is 167 Å². The van der Waals surface area contributed by atoms with Crippen LogP contribution in [0.25, 0.3) is 0 Å². The maximum atomic E-state index is 10.5. The zero-order valence-corrected chi connectivity index (χ0v) is 82.8. The maximum absolute atomic E-state index is 10.5. The van der Waals surface area contributed by atoms with Gasteiger partial charge in [0.05, 0.1) is 63.6 Å². The zero-order valence-electron chi connectivity index (χ0n) is 77.3. The molecule has 6 heterocycles. The van der Waals surface area contributed by atoms with E-state index < -0.39 is 12.2 Å². The predicted molar refractivity (Wildman–Crippen MR) is 508 cm³/mol. The molecule has 0 spiro atoms. The third-order valence-corrected chi connectivity index (χ3v) is 23.2. The van der Waals surface area contributed by atoms with Crippen LogP contribution in [-0.2, 0) is 63.9 Å². The van der Waals surface area contributed by atoms with Gasteiger partial charge in [-0.05, 0) is 232 Å². The summed E-state index contributed by atoms with van der Waals surface area (Å²) in [5, 5.41) is 57.8. The van der Waals surface area contributed by atoms with E-state index in [9.17, 15) is 20.4 Å². The molecule has 0 bridgehead atoms. The average Bonchev–Trinajstić information content (AvgIpc) is 1.31. The number of epoxide rings is 6. The fourth-order valence-corrected chi connectivity index (χ4v) is 13.8. The Kier molecular flexibility index (Phi) is 43.4. The number of hydrogen-bond donors (Lipinski definition) is 6. The first-order valence-electron chi connectivity index (χ1n) is 44.0. The molecule has 6 unspecified atom stereocenters. The van der Waals surface area contributed by atoms with Gasteiger partial charge in [-0.1, -0.05) is 187 Å². The van der Waals surface area contributed by atoms with Crippen LogP contribution in [0.4, 0.5) is 0 Å². The molecule has 12 aromatic rings. The van der Waals surface area contributed by atoms with Gasteiger partial charge in [0, 0.05) is 16.2 Å². The fourth-order valence-electron chi connectivity index (χ4n) is 13.5. The van der Waals surface area contributed by atoms with Gasteiger partial charge in [0.15, 0.2) is 0 Å². The van der Waals surface area contributed by atoms with Crippen molar-refractivity contribution in [2.75, 3.05) is 104 Å². The molecule has 6 aliphatic heterocycles. The van der Waals surface area contributed by atoms with Crippen LogP contribution in [0.2, 0.25) is 0 Å². The minimum Gasteiger partial charge on any atom is -0.870 e. The van der Waals surface area contributed by atoms with Crippen LogP contribution in [0.3, 0.4) is 0 Å². The number of aromatic hydroxyl groups is 4. The van der Waals surface area contributed by atoms with E-state index in [1.165, 1.54) is 44.5 Å². The number of benzene rings is 12. The molecule has 6 saturated heterocycles. The van der Waals surface area contributed by atoms with Crippen molar-refractivity contribution in [3.8, 4) is 69.0 Å². The number of aliphatic hydroxyl groups excluding tert-OH is 2. The van der Waals surface area contributed by atoms with E-state index in [0.717, 1.165) is 104 Å². The SMILES string of the molecule is CC(C)(c1ccc(O)cc1)c1ccc(O)cc1.CC(C)(c1ccc(OCC(O)COc2ccc(C(C)(C)c3ccc(OCC4CO4)cc3)cc2)cc1)c1ccc(OCC2CO2)cc1.ClCC1CO1.ClCC1CO1.OC(COc1ccc(Cc2ccc(OCC3CO3)cc2)cc1)COc1ccc(Cc2ccc(OCC3CO3)cc2)cc1.Oc1ccc(Cc2ccc(O)cc2)cc1.[Na+].[Na+].[OH-].[OH-]. The van der Waals surface area contributed by atoms with E-state index >= 15 is 0 Å². The van der Waals surface area contributed by atoms with Gasteiger partial charge >= 0.3 is 59.1 Å². The fraction of sp³-hybridized carbons (Fsp3) is 0.333. The predicted octanol–water partition coefficient (Wildman–Crippen LogP) is 13.0. The molecular weight excluding hydrogens is 1770 g/mol. The molecular formula is C108H120Cl2Na2O22. The summed E-state index contributed by atoms with van der Waals surface area (Å²) >= 11 is 10.5. The number of phenols is 4. The van der Waals surface area contributed by atoms with Gasteiger partial charge in [0.25, 0.3) is 0 Å². The second-order valence-electron chi connectivity index (χ2n) is 34.3. The van der Waals surface area contributed by atoms with Gasteiger partial charge in [-0.15, -0.1) is 23.2 Å². The number of rotatable bonds is 38. The van der Waals surface area contributed by atoms with Crippen LogP contribution in [-0.4, -0.2) is 195 Å². The molecule has 0 saturated carbocycles. The van der Waals surface area contributed by atoms with Crippen molar-refractivity contribution >= 4 is 23.2 Å². The monoisotopic (exact) mass is 1880 g/mol. The van der Waals surface area contributed by atoms with Crippen molar-refractivity contribution in [3.63, 3.8) is 0 Å². The maximum Gasteiger partial charge on any atom is 1.00 e. The summed E-state index contributed by atoms with van der Waals surface area (Å²) < 4.78 is 76.5. The Morgan fingerprint density at radius 1 is 0.246 bits per heavy atom. The van der Waals surface area contributed by atoms with E-state index in [1.54, 1.807) is 48.5 Å². The summed E-state index contributed by atoms with van der Waals surface area (Å²) in [5.41, 5.74) is 13.5. The summed E-state index contributed by atoms with van der Waals surface area (Å²) in [4.78, 5) is 0. The summed E-state index contributed by atoms with van der Waals surface area (Å²) in [6.07, 6.45) is 2.72. The van der Waals surface area contributed by atoms with Gasteiger partial charge in [-0.3, -0.25) is 0 Å². The first-order chi connectivity index (χ1) is 62.9. The Labute approximate surface area is 840 Å². The van der Waals surface area contributed by atoms with Gasteiger partial charge in [-0.25, -0.2) is 0 Å². The number of phenolic OH excluding ortho intramolecular Hbond substituents is 4. The quantitative estimate of drug-likeness (QED) is 0.0119. The topological polar surface area (TPSA) is 330 Å². The Hall–Kier alpha value is -9.58. The summed E-state index contributed by atoms with van der Waals surface area (Å²) in [6, 6.07) is 93.5. The van der Waals surface area contributed by atoms with E-state index in [-0.39, 0.29) is 160 Å². The molecule has 6 atom stereocenters. The molecule has 26 heteroatoms. The minimum absolute atomic E-state index is 0. The Balaban J connectivity index is 0.000000207. The normalized spacial score (nSPS) is 16.9. The summed E-state index contributed by atoms with van der Waals surface area (Å²) in [7, 11) is 0. The standard InChI is InChI=1S/C39H44O7.C35H36O7.C15H16O2.C13H12O2.2C3H5ClO.2Na.2H2O/c1-38(2,29-9-17-34(18-10-29)43-23-36-25-45-36)27-5-13-32(14-6-27)41-21-31(40)22-42-33-15-7-28(8-16-33)39(3,4)30-11-19-35(20-12-30)44-24-37-26-46-37;36-29(19-37-30-9-1-25(2-10-30)17-27-5-13-32(14-6-27)39-21-34-23-41-34)20-38-31-11-3-26(4-12-31)18-28-7-15-33(16-8-28)40-22-35-24-42-35;1-15(2,11-3-7-13(16)8-4-11)12-5-9-14(17)10-6-12;14-12-5-1-10(2-6-12)9-11-3-7-13(15)8-4-11;2*4-1-3-2-5-3;;;;/h5-20,31,36-37,40H,21-26H2,1-4H3;1-16,29,34-36H,17-24H2;3-10,16-17H,1-2H3;1-8,14-15H,9H2;2*3H,1-2H2;;;2*1H2/q;;;;;;2*+1;;/p-2. The second kappa shape index (κ2) is 53.8. The van der Waals surface area contributed by atoms with Gasteiger partial charge < -0.3 is 108 Å². The van der Waals surface area contributed by atoms with E-state index in [1.807, 2.05) is 170 Å². The molecule has 12 aromatic carbocycles. The molecule has 6 aliphatic rings. The van der Waals surface area contributed by atoms with E-state index in [4.69, 9.17) is 99.7 Å². The average molecular weight is 1890 g/mol. The Morgan fingerprint density at radius 3 is 0.545 bits per heavy atom. The molecule has 700 valence electrons. The summed E-state index contributed by atoms with van der Waals surface area (Å²) in [5.74, 6) is 8.70. The minimum atomic E-state index is -0.772. The molecule has 134 heavy (non-hydrogen) atoms. The van der Waals surface area contributed by atoms with Crippen LogP contribution in [0, 0.1) is 0 Å². The molecule has 8 N–H and O–H groups in total. The number of hydrogen-bond acceptors (Lipinski definition) is 22. The second-order valence-corrected chi connectivity index (χ2v) is 35.0. The van der Waals surface area contributed by atoms with Gasteiger partial charge in [0.1, 0.15) is 158 Å². The number of aliphatic hydroxyl groups is 2. The zero-order chi connectivity index (χ0) is 91.3. The van der Waals surface area contributed by atoms with Crippen molar-refractivity contribution in [2.45, 2.75) is 126 Å². The Morgan fingerprint density at radius 2 is 0.388 bits per heavy atom. The molecule has 0 aromatic heterocycles. The molecule has 0 amide bonds. The molecule has 6 fully saturated rings. The van der Waals surface area contributed by atoms with Crippen molar-refractivity contribution in [3.05, 3.63) is 358 Å². The van der Waals surface area contributed by atoms with E-state index in [0.29, 0.717) is 73.4 Å². The molecule has 18 rings (SSSR count). The van der Waals surface area contributed by atoms with Gasteiger partial charge in [-0.2, -0.15) is 0 Å². The van der Waals surface area contributed by atoms with Crippen LogP contribution in [0.1, 0.15) is 108 Å². The van der Waals surface area contributed by atoms with Crippen LogP contribution >= 0.6 is 23.2 Å². The Bertz CT molecular complexity index is 4990. The third kappa shape index (κ3) is 37.1. The van der Waals surface area contributed by atoms with Gasteiger partial charge in [0.2, 0.25) is 0 Å². The largest absolute Gasteiger partial charge is 1.00 e. The van der Waals surface area contributed by atoms with E-state index in [2.05, 4.69) is 114 Å². The first-order valence-corrected chi connectivity index (χ1v) is 45.1. The summed E-state index contributed by atoms with van der Waals surface area (Å²) in [6.45, 7) is 20.9.